The number of aromatic nitrogens is 2. The fraction of sp³-hybridized carbons (Fsp3) is 0.227. The van der Waals surface area contributed by atoms with Crippen LogP contribution < -0.4 is 5.32 Å². The van der Waals surface area contributed by atoms with Gasteiger partial charge in [0.25, 0.3) is 5.82 Å². The van der Waals surface area contributed by atoms with Crippen LogP contribution in [0.3, 0.4) is 0 Å². The van der Waals surface area contributed by atoms with Crippen LogP contribution in [0.1, 0.15) is 20.3 Å². The molecular formula is C22H22N3O3+. The quantitative estimate of drug-likeness (QED) is 0.535. The number of aliphatic carboxylic acids is 1. The molecule has 6 nitrogen and oxygen atoms in total. The van der Waals surface area contributed by atoms with Crippen molar-refractivity contribution in [3.63, 3.8) is 0 Å². The Kier molecular flexibility index (Phi) is 4.79. The van der Waals surface area contributed by atoms with E-state index in [4.69, 9.17) is 9.40 Å². The van der Waals surface area contributed by atoms with Crippen LogP contribution in [-0.2, 0) is 4.79 Å². The van der Waals surface area contributed by atoms with Gasteiger partial charge in [-0.05, 0) is 18.6 Å². The van der Waals surface area contributed by atoms with Crippen LogP contribution in [0, 0.1) is 5.92 Å². The first-order valence-electron chi connectivity index (χ1n) is 9.41. The molecule has 0 bridgehead atoms. The van der Waals surface area contributed by atoms with Crippen molar-refractivity contribution >= 4 is 33.9 Å². The minimum absolute atomic E-state index is 0.0212. The predicted molar refractivity (Wildman–Crippen MR) is 107 cm³/mol. The zero-order valence-electron chi connectivity index (χ0n) is 15.8. The molecule has 6 heteroatoms. The molecule has 0 aliphatic carbocycles. The molecule has 2 heterocycles. The smallest absolute Gasteiger partial charge is 0.363 e. The summed E-state index contributed by atoms with van der Waals surface area (Å²) in [4.78, 5) is 21.3. The van der Waals surface area contributed by atoms with Crippen molar-refractivity contribution in [2.45, 2.75) is 26.3 Å². The third-order valence-electron chi connectivity index (χ3n) is 5.16. The molecule has 4 aromatic rings. The summed E-state index contributed by atoms with van der Waals surface area (Å²) in [6.45, 7) is 3.92. The molecule has 2 aromatic carbocycles. The fourth-order valence-electron chi connectivity index (χ4n) is 3.34. The number of benzene rings is 2. The van der Waals surface area contributed by atoms with E-state index in [0.717, 1.165) is 17.4 Å². The Hall–Kier alpha value is -3.25. The SMILES string of the molecule is CCC(C)C([NH2+]c1nc(-c2ccccc2)nc2c1oc1ccccc12)C(=O)O. The number of nitrogens with zero attached hydrogens (tertiary/aromatic N) is 2. The minimum atomic E-state index is -0.863. The van der Waals surface area contributed by atoms with Crippen molar-refractivity contribution < 1.29 is 19.6 Å². The number of hydrogen-bond donors (Lipinski definition) is 2. The number of para-hydroxylation sites is 1. The number of carboxylic acids is 1. The summed E-state index contributed by atoms with van der Waals surface area (Å²) in [7, 11) is 0. The molecule has 3 N–H and O–H groups in total. The van der Waals surface area contributed by atoms with Crippen molar-refractivity contribution in [1.29, 1.82) is 0 Å². The lowest BCUT2D eigenvalue weighted by molar-refractivity contribution is -0.608. The lowest BCUT2D eigenvalue weighted by Crippen LogP contribution is -2.88. The second-order valence-corrected chi connectivity index (χ2v) is 6.99. The van der Waals surface area contributed by atoms with Gasteiger partial charge in [-0.2, -0.15) is 4.98 Å². The monoisotopic (exact) mass is 376 g/mol. The van der Waals surface area contributed by atoms with Crippen molar-refractivity contribution in [2.24, 2.45) is 5.92 Å². The Labute approximate surface area is 162 Å². The average Bonchev–Trinajstić information content (AvgIpc) is 3.10. The van der Waals surface area contributed by atoms with E-state index in [1.165, 1.54) is 0 Å². The van der Waals surface area contributed by atoms with E-state index in [1.54, 1.807) is 5.32 Å². The summed E-state index contributed by atoms with van der Waals surface area (Å²) in [5, 5.41) is 12.3. The van der Waals surface area contributed by atoms with E-state index in [-0.39, 0.29) is 5.92 Å². The summed E-state index contributed by atoms with van der Waals surface area (Å²) in [6, 6.07) is 16.7. The normalized spacial score (nSPS) is 13.6. The summed E-state index contributed by atoms with van der Waals surface area (Å²) < 4.78 is 6.02. The Morgan fingerprint density at radius 3 is 2.54 bits per heavy atom. The van der Waals surface area contributed by atoms with Crippen LogP contribution >= 0.6 is 0 Å². The van der Waals surface area contributed by atoms with E-state index in [9.17, 15) is 9.90 Å². The molecule has 2 aromatic heterocycles. The number of carboxylic acid groups (broad SMARTS) is 1. The minimum Gasteiger partial charge on any atom is -0.477 e. The van der Waals surface area contributed by atoms with Gasteiger partial charge in [0.1, 0.15) is 11.1 Å². The zero-order valence-corrected chi connectivity index (χ0v) is 15.8. The summed E-state index contributed by atoms with van der Waals surface area (Å²) in [5.74, 6) is 0.192. The maximum atomic E-state index is 11.9. The van der Waals surface area contributed by atoms with Gasteiger partial charge in [0.15, 0.2) is 11.9 Å². The molecule has 0 saturated carbocycles. The third kappa shape index (κ3) is 3.23. The molecule has 0 radical (unpaired) electrons. The number of furan rings is 1. The van der Waals surface area contributed by atoms with Gasteiger partial charge in [-0.1, -0.05) is 56.3 Å². The van der Waals surface area contributed by atoms with Crippen LogP contribution in [0.5, 0.6) is 0 Å². The molecule has 0 aliphatic rings. The van der Waals surface area contributed by atoms with Crippen LogP contribution in [-0.4, -0.2) is 27.1 Å². The highest BCUT2D eigenvalue weighted by Crippen LogP contribution is 2.31. The molecule has 0 saturated heterocycles. The van der Waals surface area contributed by atoms with E-state index in [1.807, 2.05) is 68.4 Å². The standard InChI is InChI=1S/C22H21N3O3/c1-3-13(2)17(22(26)27)23-21-19-18(15-11-7-8-12-16(15)28-19)24-20(25-21)14-9-5-4-6-10-14/h4-13,17H,3H2,1-2H3,(H,26,27)(H,23,24,25)/p+1. The maximum Gasteiger partial charge on any atom is 0.363 e. The molecule has 0 spiro atoms. The molecule has 142 valence electrons. The van der Waals surface area contributed by atoms with E-state index >= 15 is 0 Å². The summed E-state index contributed by atoms with van der Waals surface area (Å²) in [6.07, 6.45) is 0.757. The van der Waals surface area contributed by atoms with Gasteiger partial charge in [-0.25, -0.2) is 9.78 Å². The number of rotatable bonds is 6. The van der Waals surface area contributed by atoms with E-state index < -0.39 is 12.0 Å². The van der Waals surface area contributed by atoms with Gasteiger partial charge in [0.05, 0.1) is 0 Å². The second-order valence-electron chi connectivity index (χ2n) is 6.99. The van der Waals surface area contributed by atoms with Gasteiger partial charge in [-0.3, -0.25) is 5.32 Å². The van der Waals surface area contributed by atoms with E-state index in [2.05, 4.69) is 4.98 Å². The first-order valence-corrected chi connectivity index (χ1v) is 9.41. The Morgan fingerprint density at radius 1 is 1.11 bits per heavy atom. The van der Waals surface area contributed by atoms with Gasteiger partial charge < -0.3 is 9.52 Å². The van der Waals surface area contributed by atoms with E-state index in [0.29, 0.717) is 28.3 Å². The topological polar surface area (TPSA) is 92.8 Å². The number of fused-ring (bicyclic) bond motifs is 3. The fourth-order valence-corrected chi connectivity index (χ4v) is 3.34. The molecule has 0 fully saturated rings. The molecular weight excluding hydrogens is 354 g/mol. The lowest BCUT2D eigenvalue weighted by Gasteiger charge is -2.16. The van der Waals surface area contributed by atoms with Gasteiger partial charge >= 0.3 is 5.97 Å². The van der Waals surface area contributed by atoms with Crippen molar-refractivity contribution in [1.82, 2.24) is 9.97 Å². The van der Waals surface area contributed by atoms with Crippen LogP contribution in [0.25, 0.3) is 33.5 Å². The summed E-state index contributed by atoms with van der Waals surface area (Å²) >= 11 is 0. The Bertz CT molecular complexity index is 1140. The first-order chi connectivity index (χ1) is 13.6. The molecule has 0 aliphatic heterocycles. The second kappa shape index (κ2) is 7.40. The van der Waals surface area contributed by atoms with Gasteiger partial charge in [0, 0.05) is 16.9 Å². The first kappa shape index (κ1) is 18.1. The maximum absolute atomic E-state index is 11.9. The lowest BCUT2D eigenvalue weighted by atomic mass is 9.99. The van der Waals surface area contributed by atoms with Crippen molar-refractivity contribution in [3.8, 4) is 11.4 Å². The van der Waals surface area contributed by atoms with Crippen LogP contribution in [0.2, 0.25) is 0 Å². The van der Waals surface area contributed by atoms with Gasteiger partial charge in [-0.15, -0.1) is 0 Å². The average molecular weight is 376 g/mol. The number of quaternary nitrogens is 1. The van der Waals surface area contributed by atoms with Gasteiger partial charge in [0.2, 0.25) is 5.58 Å². The summed E-state index contributed by atoms with van der Waals surface area (Å²) in [5.41, 5.74) is 2.81. The number of carbonyl (C=O) groups is 1. The highest BCUT2D eigenvalue weighted by molar-refractivity contribution is 6.05. The molecule has 2 unspecified atom stereocenters. The Morgan fingerprint density at radius 2 is 1.82 bits per heavy atom. The molecule has 4 rings (SSSR count). The predicted octanol–water partition coefficient (Wildman–Crippen LogP) is 3.74. The molecule has 0 amide bonds. The molecule has 2 atom stereocenters. The number of nitrogens with two attached hydrogens (primary N) is 1. The number of hydrogen-bond acceptors (Lipinski definition) is 4. The Balaban J connectivity index is 1.94. The molecule has 28 heavy (non-hydrogen) atoms. The zero-order chi connectivity index (χ0) is 19.7. The highest BCUT2D eigenvalue weighted by Gasteiger charge is 2.31. The van der Waals surface area contributed by atoms with Crippen LogP contribution in [0.4, 0.5) is 5.82 Å². The van der Waals surface area contributed by atoms with Crippen molar-refractivity contribution in [3.05, 3.63) is 54.6 Å². The third-order valence-corrected chi connectivity index (χ3v) is 5.16. The van der Waals surface area contributed by atoms with Crippen LogP contribution in [0.15, 0.2) is 59.0 Å². The highest BCUT2D eigenvalue weighted by atomic mass is 16.4. The van der Waals surface area contributed by atoms with Crippen molar-refractivity contribution in [2.75, 3.05) is 0 Å². The largest absolute Gasteiger partial charge is 0.477 e.